The van der Waals surface area contributed by atoms with Crippen molar-refractivity contribution in [3.05, 3.63) is 22.4 Å². The van der Waals surface area contributed by atoms with E-state index in [1.165, 1.54) is 11.3 Å². The smallest absolute Gasteiger partial charge is 0.231 e. The van der Waals surface area contributed by atoms with Gasteiger partial charge in [-0.3, -0.25) is 4.79 Å². The number of carbonyl (C=O) groups excluding carboxylic acids is 1. The maximum absolute atomic E-state index is 12.8. The first kappa shape index (κ1) is 16.5. The van der Waals surface area contributed by atoms with Gasteiger partial charge in [-0.2, -0.15) is 0 Å². The van der Waals surface area contributed by atoms with Crippen molar-refractivity contribution in [3.63, 3.8) is 0 Å². The van der Waals surface area contributed by atoms with Crippen LogP contribution < -0.4 is 10.6 Å². The summed E-state index contributed by atoms with van der Waals surface area (Å²) < 4.78 is 4.98. The Hall–Kier alpha value is -0.910. The third-order valence-corrected chi connectivity index (χ3v) is 5.28. The molecule has 1 aromatic rings. The van der Waals surface area contributed by atoms with Gasteiger partial charge in [-0.05, 0) is 24.3 Å². The lowest BCUT2D eigenvalue weighted by atomic mass is 9.72. The molecule has 1 aliphatic rings. The zero-order valence-electron chi connectivity index (χ0n) is 12.8. The molecule has 2 N–H and O–H groups in total. The van der Waals surface area contributed by atoms with Gasteiger partial charge in [0, 0.05) is 31.6 Å². The van der Waals surface area contributed by atoms with E-state index in [2.05, 4.69) is 28.1 Å². The number of nitrogens with one attached hydrogen (secondary N) is 2. The maximum atomic E-state index is 12.8. The highest BCUT2D eigenvalue weighted by molar-refractivity contribution is 7.10. The lowest BCUT2D eigenvalue weighted by Crippen LogP contribution is -2.47. The molecule has 1 fully saturated rings. The minimum Gasteiger partial charge on any atom is -0.383 e. The van der Waals surface area contributed by atoms with Crippen molar-refractivity contribution in [3.8, 4) is 0 Å². The average Bonchev–Trinajstić information content (AvgIpc) is 3.06. The summed E-state index contributed by atoms with van der Waals surface area (Å²) in [5.74, 6) is 0.207. The second-order valence-corrected chi connectivity index (χ2v) is 6.57. The monoisotopic (exact) mass is 310 g/mol. The van der Waals surface area contributed by atoms with Crippen molar-refractivity contribution in [2.45, 2.75) is 37.5 Å². The van der Waals surface area contributed by atoms with Gasteiger partial charge >= 0.3 is 0 Å². The van der Waals surface area contributed by atoms with Crippen molar-refractivity contribution in [2.24, 2.45) is 0 Å². The first-order chi connectivity index (χ1) is 10.3. The Morgan fingerprint density at radius 1 is 1.29 bits per heavy atom. The average molecular weight is 310 g/mol. The first-order valence-corrected chi connectivity index (χ1v) is 8.69. The molecule has 1 heterocycles. The lowest BCUT2D eigenvalue weighted by molar-refractivity contribution is -0.127. The van der Waals surface area contributed by atoms with Crippen LogP contribution in [0.25, 0.3) is 0 Å². The number of hydrogen-bond acceptors (Lipinski definition) is 4. The Morgan fingerprint density at radius 3 is 2.76 bits per heavy atom. The number of carbonyl (C=O) groups is 1. The van der Waals surface area contributed by atoms with Crippen LogP contribution >= 0.6 is 11.3 Å². The quantitative estimate of drug-likeness (QED) is 0.725. The van der Waals surface area contributed by atoms with Gasteiger partial charge in [0.05, 0.1) is 12.0 Å². The molecule has 21 heavy (non-hydrogen) atoms. The number of rotatable bonds is 8. The van der Waals surface area contributed by atoms with E-state index in [4.69, 9.17) is 4.74 Å². The van der Waals surface area contributed by atoms with Gasteiger partial charge in [0.2, 0.25) is 5.91 Å². The zero-order valence-corrected chi connectivity index (χ0v) is 13.6. The minimum absolute atomic E-state index is 0.207. The summed E-state index contributed by atoms with van der Waals surface area (Å²) in [6.07, 6.45) is 5.51. The Kier molecular flexibility index (Phi) is 6.67. The van der Waals surface area contributed by atoms with Crippen molar-refractivity contribution in [2.75, 3.05) is 33.4 Å². The Morgan fingerprint density at radius 2 is 2.10 bits per heavy atom. The predicted molar refractivity (Wildman–Crippen MR) is 86.8 cm³/mol. The molecule has 0 aromatic carbocycles. The number of ether oxygens (including phenoxy) is 1. The van der Waals surface area contributed by atoms with Gasteiger partial charge in [-0.1, -0.05) is 25.3 Å². The molecule has 4 nitrogen and oxygen atoms in total. The molecule has 0 spiro atoms. The second-order valence-electron chi connectivity index (χ2n) is 5.62. The van der Waals surface area contributed by atoms with Crippen LogP contribution in [0.1, 0.15) is 37.0 Å². The van der Waals surface area contributed by atoms with Crippen molar-refractivity contribution in [1.29, 1.82) is 0 Å². The van der Waals surface area contributed by atoms with Crippen LogP contribution in [0.5, 0.6) is 0 Å². The third-order valence-electron chi connectivity index (χ3n) is 4.20. The summed E-state index contributed by atoms with van der Waals surface area (Å²) in [4.78, 5) is 14.0. The summed E-state index contributed by atoms with van der Waals surface area (Å²) >= 11 is 1.71. The van der Waals surface area contributed by atoms with E-state index in [9.17, 15) is 4.79 Å². The van der Waals surface area contributed by atoms with Gasteiger partial charge in [0.25, 0.3) is 0 Å². The highest BCUT2D eigenvalue weighted by Crippen LogP contribution is 2.41. The summed E-state index contributed by atoms with van der Waals surface area (Å²) in [5.41, 5.74) is -0.279. The Bertz CT molecular complexity index is 414. The van der Waals surface area contributed by atoms with Gasteiger partial charge in [-0.25, -0.2) is 0 Å². The molecule has 1 aliphatic carbocycles. The van der Waals surface area contributed by atoms with E-state index in [1.54, 1.807) is 18.4 Å². The summed E-state index contributed by atoms with van der Waals surface area (Å²) in [6.45, 7) is 2.99. The Labute approximate surface area is 131 Å². The zero-order chi connectivity index (χ0) is 15.0. The van der Waals surface area contributed by atoms with Crippen molar-refractivity contribution in [1.82, 2.24) is 10.6 Å². The molecule has 0 bridgehead atoms. The molecular formula is C16H26N2O2S. The molecule has 1 saturated carbocycles. The van der Waals surface area contributed by atoms with Crippen LogP contribution in [0.4, 0.5) is 0 Å². The van der Waals surface area contributed by atoms with Crippen LogP contribution in [0.3, 0.4) is 0 Å². The summed E-state index contributed by atoms with van der Waals surface area (Å²) in [7, 11) is 1.69. The molecule has 2 rings (SSSR count). The molecular weight excluding hydrogens is 284 g/mol. The molecule has 1 aromatic heterocycles. The van der Waals surface area contributed by atoms with E-state index in [0.717, 1.165) is 38.8 Å². The molecule has 118 valence electrons. The fraction of sp³-hybridized carbons (Fsp3) is 0.688. The molecule has 0 aliphatic heterocycles. The van der Waals surface area contributed by atoms with Crippen LogP contribution in [-0.4, -0.2) is 39.3 Å². The highest BCUT2D eigenvalue weighted by Gasteiger charge is 2.41. The molecule has 5 heteroatoms. The summed E-state index contributed by atoms with van der Waals surface area (Å²) in [5, 5.41) is 8.45. The van der Waals surface area contributed by atoms with Crippen molar-refractivity contribution < 1.29 is 9.53 Å². The van der Waals surface area contributed by atoms with E-state index >= 15 is 0 Å². The molecule has 0 unspecified atom stereocenters. The number of methoxy groups -OCH3 is 1. The Balaban J connectivity index is 1.87. The first-order valence-electron chi connectivity index (χ1n) is 7.81. The van der Waals surface area contributed by atoms with E-state index < -0.39 is 0 Å². The standard InChI is InChI=1S/C16H26N2O2S/c1-20-12-11-17-9-10-18-15(19)16(7-3-2-4-8-16)14-6-5-13-21-14/h5-6,13,17H,2-4,7-12H2,1H3,(H,18,19). The summed E-state index contributed by atoms with van der Waals surface area (Å²) in [6, 6.07) is 4.17. The maximum Gasteiger partial charge on any atom is 0.231 e. The fourth-order valence-electron chi connectivity index (χ4n) is 3.02. The van der Waals surface area contributed by atoms with Crippen LogP contribution in [0, 0.1) is 0 Å². The van der Waals surface area contributed by atoms with Crippen LogP contribution in [-0.2, 0) is 14.9 Å². The van der Waals surface area contributed by atoms with E-state index in [0.29, 0.717) is 13.2 Å². The van der Waals surface area contributed by atoms with Crippen LogP contribution in [0.2, 0.25) is 0 Å². The topological polar surface area (TPSA) is 50.4 Å². The normalized spacial score (nSPS) is 17.6. The number of hydrogen-bond donors (Lipinski definition) is 2. The minimum atomic E-state index is -0.279. The molecule has 0 saturated heterocycles. The van der Waals surface area contributed by atoms with E-state index in [1.807, 2.05) is 0 Å². The van der Waals surface area contributed by atoms with Crippen LogP contribution in [0.15, 0.2) is 17.5 Å². The largest absolute Gasteiger partial charge is 0.383 e. The van der Waals surface area contributed by atoms with Gasteiger partial charge < -0.3 is 15.4 Å². The second kappa shape index (κ2) is 8.51. The third kappa shape index (κ3) is 4.28. The predicted octanol–water partition coefficient (Wildman–Crippen LogP) is 2.30. The molecule has 0 atom stereocenters. The van der Waals surface area contributed by atoms with Gasteiger partial charge in [0.15, 0.2) is 0 Å². The SMILES string of the molecule is COCCNCCNC(=O)C1(c2cccs2)CCCCC1. The van der Waals surface area contributed by atoms with Gasteiger partial charge in [0.1, 0.15) is 0 Å². The lowest BCUT2D eigenvalue weighted by Gasteiger charge is -2.35. The van der Waals surface area contributed by atoms with Crippen molar-refractivity contribution >= 4 is 17.2 Å². The fourth-order valence-corrected chi connectivity index (χ4v) is 4.01. The van der Waals surface area contributed by atoms with Gasteiger partial charge in [-0.15, -0.1) is 11.3 Å². The highest BCUT2D eigenvalue weighted by atomic mass is 32.1. The molecule has 1 amide bonds. The van der Waals surface area contributed by atoms with E-state index in [-0.39, 0.29) is 11.3 Å². The number of thiophene rings is 1. The molecule has 0 radical (unpaired) electrons. The number of amides is 1.